The maximum Gasteiger partial charge on any atom is 0.198 e. The van der Waals surface area contributed by atoms with Gasteiger partial charge in [-0.15, -0.1) is 0 Å². The summed E-state index contributed by atoms with van der Waals surface area (Å²) >= 11 is 6.05. The molecule has 2 aliphatic heterocycles. The van der Waals surface area contributed by atoms with E-state index in [2.05, 4.69) is 11.1 Å². The van der Waals surface area contributed by atoms with Crippen LogP contribution in [0.1, 0.15) is 49.3 Å². The summed E-state index contributed by atoms with van der Waals surface area (Å²) in [5.74, 6) is 1.71. The lowest BCUT2D eigenvalue weighted by Gasteiger charge is -2.46. The van der Waals surface area contributed by atoms with Gasteiger partial charge in [0.05, 0.1) is 18.9 Å². The number of hydrogen-bond donors (Lipinski definition) is 0. The van der Waals surface area contributed by atoms with Gasteiger partial charge in [0.15, 0.2) is 17.2 Å². The summed E-state index contributed by atoms with van der Waals surface area (Å²) < 4.78 is 12.2. The van der Waals surface area contributed by atoms with E-state index in [0.717, 1.165) is 52.6 Å². The van der Waals surface area contributed by atoms with E-state index >= 15 is 0 Å². The van der Waals surface area contributed by atoms with Crippen molar-refractivity contribution in [1.29, 1.82) is 0 Å². The maximum absolute atomic E-state index is 6.59. The van der Waals surface area contributed by atoms with Crippen molar-refractivity contribution in [3.05, 3.63) is 58.6 Å². The van der Waals surface area contributed by atoms with Gasteiger partial charge in [-0.3, -0.25) is 0 Å². The SMILES string of the molecule is COc1cccc2c1OC1(CCCC1)N1N=C(c3ccc(Cl)cc3)C[C@H]21. The van der Waals surface area contributed by atoms with E-state index in [0.29, 0.717) is 0 Å². The Kier molecular flexibility index (Phi) is 3.64. The normalized spacial score (nSPS) is 22.6. The van der Waals surface area contributed by atoms with E-state index in [1.54, 1.807) is 7.11 Å². The summed E-state index contributed by atoms with van der Waals surface area (Å²) in [6, 6.07) is 14.3. The second kappa shape index (κ2) is 5.92. The first-order valence-corrected chi connectivity index (χ1v) is 9.57. The molecule has 0 bridgehead atoms. The average Bonchev–Trinajstić information content (AvgIpc) is 3.31. The third kappa shape index (κ3) is 2.32. The largest absolute Gasteiger partial charge is 0.493 e. The molecule has 0 N–H and O–H groups in total. The molecule has 4 nitrogen and oxygen atoms in total. The summed E-state index contributed by atoms with van der Waals surface area (Å²) in [5.41, 5.74) is 3.04. The van der Waals surface area contributed by atoms with Gasteiger partial charge in [-0.05, 0) is 36.6 Å². The van der Waals surface area contributed by atoms with Crippen molar-refractivity contribution in [2.45, 2.75) is 43.9 Å². The molecule has 0 radical (unpaired) electrons. The fraction of sp³-hybridized carbons (Fsp3) is 0.381. The summed E-state index contributed by atoms with van der Waals surface area (Å²) in [7, 11) is 1.71. The highest BCUT2D eigenvalue weighted by molar-refractivity contribution is 6.30. The Labute approximate surface area is 158 Å². The van der Waals surface area contributed by atoms with E-state index in [1.165, 1.54) is 12.8 Å². The number of para-hydroxylation sites is 1. The first kappa shape index (κ1) is 16.0. The van der Waals surface area contributed by atoms with Crippen molar-refractivity contribution in [3.8, 4) is 11.5 Å². The highest BCUT2D eigenvalue weighted by Gasteiger charge is 2.52. The first-order chi connectivity index (χ1) is 12.7. The fourth-order valence-corrected chi connectivity index (χ4v) is 4.63. The molecule has 1 spiro atoms. The molecule has 5 heteroatoms. The number of nitrogens with zero attached hydrogens (tertiary/aromatic N) is 2. The molecule has 2 heterocycles. The lowest BCUT2D eigenvalue weighted by molar-refractivity contribution is -0.115. The number of fused-ring (bicyclic) bond motifs is 4. The highest BCUT2D eigenvalue weighted by Crippen LogP contribution is 2.54. The van der Waals surface area contributed by atoms with Crippen LogP contribution in [-0.4, -0.2) is 23.6 Å². The van der Waals surface area contributed by atoms with E-state index in [-0.39, 0.29) is 11.8 Å². The third-order valence-corrected chi connectivity index (χ3v) is 6.02. The summed E-state index contributed by atoms with van der Waals surface area (Å²) in [4.78, 5) is 0. The van der Waals surface area contributed by atoms with Crippen LogP contribution in [0.25, 0.3) is 0 Å². The van der Waals surface area contributed by atoms with Crippen LogP contribution < -0.4 is 9.47 Å². The van der Waals surface area contributed by atoms with E-state index in [4.69, 9.17) is 26.2 Å². The Morgan fingerprint density at radius 2 is 1.92 bits per heavy atom. The van der Waals surface area contributed by atoms with Crippen LogP contribution in [0.3, 0.4) is 0 Å². The predicted molar refractivity (Wildman–Crippen MR) is 102 cm³/mol. The minimum Gasteiger partial charge on any atom is -0.493 e. The molecule has 1 aliphatic carbocycles. The molecular weight excluding hydrogens is 348 g/mol. The van der Waals surface area contributed by atoms with Crippen molar-refractivity contribution in [3.63, 3.8) is 0 Å². The molecular formula is C21H21ClN2O2. The van der Waals surface area contributed by atoms with Crippen LogP contribution in [0.4, 0.5) is 0 Å². The van der Waals surface area contributed by atoms with Gasteiger partial charge in [0, 0.05) is 29.8 Å². The molecule has 3 aliphatic rings. The minimum atomic E-state index is -0.347. The molecule has 0 amide bonds. The van der Waals surface area contributed by atoms with Crippen LogP contribution in [0.5, 0.6) is 11.5 Å². The van der Waals surface area contributed by atoms with Crippen molar-refractivity contribution >= 4 is 17.3 Å². The molecule has 2 aromatic rings. The van der Waals surface area contributed by atoms with Crippen molar-refractivity contribution in [1.82, 2.24) is 5.01 Å². The van der Waals surface area contributed by atoms with Gasteiger partial charge in [0.1, 0.15) is 0 Å². The first-order valence-electron chi connectivity index (χ1n) is 9.19. The molecule has 0 saturated heterocycles. The number of halogens is 1. The van der Waals surface area contributed by atoms with Crippen molar-refractivity contribution < 1.29 is 9.47 Å². The number of hydrogen-bond acceptors (Lipinski definition) is 4. The van der Waals surface area contributed by atoms with Crippen molar-refractivity contribution in [2.75, 3.05) is 7.11 Å². The number of rotatable bonds is 2. The Hall–Kier alpha value is -2.20. The predicted octanol–water partition coefficient (Wildman–Crippen LogP) is 5.16. The Morgan fingerprint density at radius 1 is 1.15 bits per heavy atom. The summed E-state index contributed by atoms with van der Waals surface area (Å²) in [6.45, 7) is 0. The van der Waals surface area contributed by atoms with Gasteiger partial charge in [-0.2, -0.15) is 5.10 Å². The zero-order valence-corrected chi connectivity index (χ0v) is 15.5. The van der Waals surface area contributed by atoms with Gasteiger partial charge >= 0.3 is 0 Å². The number of hydrazone groups is 1. The monoisotopic (exact) mass is 368 g/mol. The second-order valence-corrected chi connectivity index (χ2v) is 7.69. The topological polar surface area (TPSA) is 34.1 Å². The Bertz CT molecular complexity index is 872. The standard InChI is InChI=1S/C21H21ClN2O2/c1-25-19-6-4-5-16-18-13-17(14-7-9-15(22)10-8-14)23-24(18)21(26-20(16)19)11-2-3-12-21/h4-10,18H,2-3,11-13H2,1H3/t18-/m1/s1. The second-order valence-electron chi connectivity index (χ2n) is 7.25. The smallest absolute Gasteiger partial charge is 0.198 e. The molecule has 5 rings (SSSR count). The lowest BCUT2D eigenvalue weighted by Crippen LogP contribution is -2.51. The Morgan fingerprint density at radius 3 is 2.65 bits per heavy atom. The van der Waals surface area contributed by atoms with Gasteiger partial charge in [-0.25, -0.2) is 5.01 Å². The zero-order valence-electron chi connectivity index (χ0n) is 14.7. The molecule has 1 atom stereocenters. The molecule has 26 heavy (non-hydrogen) atoms. The van der Waals surface area contributed by atoms with Crippen molar-refractivity contribution in [2.24, 2.45) is 5.10 Å². The van der Waals surface area contributed by atoms with Gasteiger partial charge < -0.3 is 9.47 Å². The Balaban J connectivity index is 1.61. The van der Waals surface area contributed by atoms with Crippen LogP contribution in [0.2, 0.25) is 5.02 Å². The molecule has 0 aromatic heterocycles. The average molecular weight is 369 g/mol. The summed E-state index contributed by atoms with van der Waals surface area (Å²) in [6.07, 6.45) is 5.20. The number of benzene rings is 2. The van der Waals surface area contributed by atoms with Crippen LogP contribution in [0.15, 0.2) is 47.6 Å². The summed E-state index contributed by atoms with van der Waals surface area (Å²) in [5, 5.41) is 8.01. The quantitative estimate of drug-likeness (QED) is 0.734. The fourth-order valence-electron chi connectivity index (χ4n) is 4.51. The zero-order chi connectivity index (χ0) is 17.7. The number of ether oxygens (including phenoxy) is 2. The highest BCUT2D eigenvalue weighted by atomic mass is 35.5. The third-order valence-electron chi connectivity index (χ3n) is 5.77. The minimum absolute atomic E-state index is 0.192. The van der Waals surface area contributed by atoms with E-state index in [9.17, 15) is 0 Å². The molecule has 2 aromatic carbocycles. The molecule has 0 unspecified atom stereocenters. The molecule has 134 valence electrons. The molecule has 1 fully saturated rings. The van der Waals surface area contributed by atoms with Gasteiger partial charge in [-0.1, -0.05) is 35.9 Å². The van der Waals surface area contributed by atoms with Crippen LogP contribution in [-0.2, 0) is 0 Å². The molecule has 1 saturated carbocycles. The van der Waals surface area contributed by atoms with Gasteiger partial charge in [0.2, 0.25) is 0 Å². The van der Waals surface area contributed by atoms with Gasteiger partial charge in [0.25, 0.3) is 0 Å². The van der Waals surface area contributed by atoms with E-state index in [1.807, 2.05) is 36.4 Å². The van der Waals surface area contributed by atoms with Crippen LogP contribution in [0, 0.1) is 0 Å². The maximum atomic E-state index is 6.59. The van der Waals surface area contributed by atoms with E-state index < -0.39 is 0 Å². The number of methoxy groups -OCH3 is 1. The lowest BCUT2D eigenvalue weighted by atomic mass is 9.94. The van der Waals surface area contributed by atoms with Crippen LogP contribution >= 0.6 is 11.6 Å².